The second-order valence-corrected chi connectivity index (χ2v) is 7.20. The first-order valence-electron chi connectivity index (χ1n) is 9.43. The quantitative estimate of drug-likeness (QED) is 0.438. The number of hydrogen-bond donors (Lipinski definition) is 1. The van der Waals surface area contributed by atoms with Gasteiger partial charge < -0.3 is 14.5 Å². The number of halogens is 1. The monoisotopic (exact) mass is 421 g/mol. The molecule has 0 spiro atoms. The molecule has 1 amide bonds. The van der Waals surface area contributed by atoms with Crippen LogP contribution in [0.25, 0.3) is 0 Å². The predicted molar refractivity (Wildman–Crippen MR) is 115 cm³/mol. The fraction of sp³-hybridized carbons (Fsp3) is 0.130. The summed E-state index contributed by atoms with van der Waals surface area (Å²) in [6.07, 6.45) is 3.33. The van der Waals surface area contributed by atoms with E-state index >= 15 is 0 Å². The van der Waals surface area contributed by atoms with E-state index in [2.05, 4.69) is 10.4 Å². The zero-order chi connectivity index (χ0) is 20.9. The molecule has 0 aliphatic rings. The van der Waals surface area contributed by atoms with Gasteiger partial charge in [0.05, 0.1) is 18.4 Å². The lowest BCUT2D eigenvalue weighted by atomic mass is 10.2. The molecule has 0 fully saturated rings. The molecule has 30 heavy (non-hydrogen) atoms. The van der Waals surface area contributed by atoms with Crippen molar-refractivity contribution in [1.29, 1.82) is 0 Å². The summed E-state index contributed by atoms with van der Waals surface area (Å²) in [4.78, 5) is 12.5. The molecular formula is C23H20ClN3O3. The normalized spacial score (nSPS) is 10.7. The number of anilines is 1. The summed E-state index contributed by atoms with van der Waals surface area (Å²) < 4.78 is 13.1. The number of ether oxygens (including phenoxy) is 1. The predicted octanol–water partition coefficient (Wildman–Crippen LogP) is 5.32. The first-order chi connectivity index (χ1) is 14.6. The van der Waals surface area contributed by atoms with Crippen molar-refractivity contribution in [2.24, 2.45) is 0 Å². The highest BCUT2D eigenvalue weighted by Gasteiger charge is 2.13. The van der Waals surface area contributed by atoms with Crippen LogP contribution in [0.15, 0.2) is 77.5 Å². The van der Waals surface area contributed by atoms with Gasteiger partial charge in [0.25, 0.3) is 5.91 Å². The fourth-order valence-electron chi connectivity index (χ4n) is 2.95. The van der Waals surface area contributed by atoms with E-state index in [1.54, 1.807) is 29.2 Å². The first kappa shape index (κ1) is 19.8. The maximum Gasteiger partial charge on any atom is 0.291 e. The van der Waals surface area contributed by atoms with Crippen molar-refractivity contribution in [2.75, 3.05) is 5.32 Å². The Kier molecular flexibility index (Phi) is 5.86. The molecule has 7 heteroatoms. The lowest BCUT2D eigenvalue weighted by Crippen LogP contribution is -2.10. The van der Waals surface area contributed by atoms with Gasteiger partial charge in [-0.25, -0.2) is 0 Å². The van der Waals surface area contributed by atoms with Crippen molar-refractivity contribution in [3.05, 3.63) is 101 Å². The minimum Gasteiger partial charge on any atom is -0.485 e. The molecule has 0 bridgehead atoms. The van der Waals surface area contributed by atoms with Gasteiger partial charge in [-0.15, -0.1) is 0 Å². The third-order valence-electron chi connectivity index (χ3n) is 4.53. The van der Waals surface area contributed by atoms with Crippen LogP contribution in [0, 0.1) is 6.92 Å². The molecule has 0 unspecified atom stereocenters. The largest absolute Gasteiger partial charge is 0.485 e. The SMILES string of the molecule is Cc1ccccc1OCc1ccc(C(=O)Nc2cnn(Cc3ccccc3Cl)c2)o1. The highest BCUT2D eigenvalue weighted by Crippen LogP contribution is 2.20. The molecule has 2 aromatic carbocycles. The number of nitrogens with one attached hydrogen (secondary N) is 1. The maximum atomic E-state index is 12.5. The van der Waals surface area contributed by atoms with E-state index in [0.29, 0.717) is 23.0 Å². The number of carbonyl (C=O) groups is 1. The van der Waals surface area contributed by atoms with E-state index in [0.717, 1.165) is 16.9 Å². The highest BCUT2D eigenvalue weighted by atomic mass is 35.5. The van der Waals surface area contributed by atoms with Crippen LogP contribution < -0.4 is 10.1 Å². The lowest BCUT2D eigenvalue weighted by molar-refractivity contribution is 0.0992. The Balaban J connectivity index is 1.35. The number of aryl methyl sites for hydroxylation is 1. The number of benzene rings is 2. The average molecular weight is 422 g/mol. The zero-order valence-electron chi connectivity index (χ0n) is 16.3. The molecular weight excluding hydrogens is 402 g/mol. The molecule has 0 saturated carbocycles. The molecule has 2 aromatic heterocycles. The molecule has 0 aliphatic heterocycles. The summed E-state index contributed by atoms with van der Waals surface area (Å²) in [6.45, 7) is 2.73. The molecule has 4 rings (SSSR count). The van der Waals surface area contributed by atoms with Crippen molar-refractivity contribution in [2.45, 2.75) is 20.1 Å². The molecule has 1 N–H and O–H groups in total. The number of amides is 1. The number of nitrogens with zero attached hydrogens (tertiary/aromatic N) is 2. The molecule has 2 heterocycles. The van der Waals surface area contributed by atoms with E-state index in [1.165, 1.54) is 0 Å². The van der Waals surface area contributed by atoms with Crippen LogP contribution in [-0.4, -0.2) is 15.7 Å². The van der Waals surface area contributed by atoms with Gasteiger partial charge in [0, 0.05) is 11.2 Å². The second-order valence-electron chi connectivity index (χ2n) is 6.79. The Morgan fingerprint density at radius 3 is 2.77 bits per heavy atom. The van der Waals surface area contributed by atoms with Gasteiger partial charge >= 0.3 is 0 Å². The minimum absolute atomic E-state index is 0.206. The van der Waals surface area contributed by atoms with Gasteiger partial charge in [-0.2, -0.15) is 5.10 Å². The number of rotatable bonds is 7. The van der Waals surface area contributed by atoms with E-state index < -0.39 is 0 Å². The Morgan fingerprint density at radius 1 is 1.13 bits per heavy atom. The van der Waals surface area contributed by atoms with Gasteiger partial charge in [0.2, 0.25) is 0 Å². The van der Waals surface area contributed by atoms with Crippen LogP contribution in [0.1, 0.15) is 27.4 Å². The summed E-state index contributed by atoms with van der Waals surface area (Å²) in [5.74, 6) is 1.20. The van der Waals surface area contributed by atoms with Crippen molar-refractivity contribution >= 4 is 23.2 Å². The van der Waals surface area contributed by atoms with Crippen LogP contribution in [0.4, 0.5) is 5.69 Å². The molecule has 6 nitrogen and oxygen atoms in total. The molecule has 152 valence electrons. The smallest absolute Gasteiger partial charge is 0.291 e. The van der Waals surface area contributed by atoms with Crippen LogP contribution in [0.2, 0.25) is 5.02 Å². The third-order valence-corrected chi connectivity index (χ3v) is 4.90. The topological polar surface area (TPSA) is 69.3 Å². The van der Waals surface area contributed by atoms with Gasteiger partial charge in [-0.05, 0) is 42.3 Å². The molecule has 0 saturated heterocycles. The Bertz CT molecular complexity index is 1170. The molecule has 4 aromatic rings. The van der Waals surface area contributed by atoms with Gasteiger partial charge in [-0.3, -0.25) is 9.48 Å². The van der Waals surface area contributed by atoms with E-state index in [1.807, 2.05) is 55.5 Å². The van der Waals surface area contributed by atoms with Crippen molar-refractivity contribution < 1.29 is 13.9 Å². The molecule has 0 aliphatic carbocycles. The fourth-order valence-corrected chi connectivity index (χ4v) is 3.15. The van der Waals surface area contributed by atoms with Crippen LogP contribution >= 0.6 is 11.6 Å². The third kappa shape index (κ3) is 4.72. The van der Waals surface area contributed by atoms with E-state index in [4.69, 9.17) is 20.8 Å². The summed E-state index contributed by atoms with van der Waals surface area (Å²) >= 11 is 6.19. The van der Waals surface area contributed by atoms with Gasteiger partial charge in [0.15, 0.2) is 5.76 Å². The van der Waals surface area contributed by atoms with Crippen LogP contribution in [0.3, 0.4) is 0 Å². The van der Waals surface area contributed by atoms with Crippen molar-refractivity contribution in [3.63, 3.8) is 0 Å². The second kappa shape index (κ2) is 8.88. The summed E-state index contributed by atoms with van der Waals surface area (Å²) in [5.41, 5.74) is 2.56. The van der Waals surface area contributed by atoms with Crippen LogP contribution in [-0.2, 0) is 13.2 Å². The number of para-hydroxylation sites is 1. The zero-order valence-corrected chi connectivity index (χ0v) is 17.1. The van der Waals surface area contributed by atoms with Crippen molar-refractivity contribution in [3.8, 4) is 5.75 Å². The standard InChI is InChI=1S/C23H20ClN3O3/c1-16-6-2-5-9-21(16)29-15-19-10-11-22(30-19)23(28)26-18-12-25-27(14-18)13-17-7-3-4-8-20(17)24/h2-12,14H,13,15H2,1H3,(H,26,28). The molecule has 0 radical (unpaired) electrons. The van der Waals surface area contributed by atoms with Gasteiger partial charge in [0.1, 0.15) is 18.1 Å². The van der Waals surface area contributed by atoms with Crippen LogP contribution in [0.5, 0.6) is 5.75 Å². The Labute approximate surface area is 179 Å². The summed E-state index contributed by atoms with van der Waals surface area (Å²) in [5, 5.41) is 7.73. The summed E-state index contributed by atoms with van der Waals surface area (Å²) in [7, 11) is 0. The number of hydrogen-bond acceptors (Lipinski definition) is 4. The maximum absolute atomic E-state index is 12.5. The average Bonchev–Trinajstić information content (AvgIpc) is 3.39. The first-order valence-corrected chi connectivity index (χ1v) is 9.80. The van der Waals surface area contributed by atoms with Crippen molar-refractivity contribution in [1.82, 2.24) is 9.78 Å². The highest BCUT2D eigenvalue weighted by molar-refractivity contribution is 6.31. The lowest BCUT2D eigenvalue weighted by Gasteiger charge is -2.06. The Hall–Kier alpha value is -3.51. The molecule has 0 atom stereocenters. The van der Waals surface area contributed by atoms with E-state index in [-0.39, 0.29) is 18.3 Å². The number of aromatic nitrogens is 2. The van der Waals surface area contributed by atoms with Gasteiger partial charge in [-0.1, -0.05) is 48.0 Å². The minimum atomic E-state index is -0.352. The number of carbonyl (C=O) groups excluding carboxylic acids is 1. The van der Waals surface area contributed by atoms with E-state index in [9.17, 15) is 4.79 Å². The Morgan fingerprint density at radius 2 is 1.93 bits per heavy atom. The number of furan rings is 1. The summed E-state index contributed by atoms with van der Waals surface area (Å²) in [6, 6.07) is 18.7.